The van der Waals surface area contributed by atoms with Crippen molar-refractivity contribution >= 4 is 5.97 Å². The molecule has 2 aromatic carbocycles. The molecule has 3 heteroatoms. The van der Waals surface area contributed by atoms with E-state index in [-0.39, 0.29) is 0 Å². The fraction of sp³-hybridized carbons (Fsp3) is 0.188. The Balaban J connectivity index is 2.52. The molecule has 19 heavy (non-hydrogen) atoms. The van der Waals surface area contributed by atoms with Crippen LogP contribution in [0.5, 0.6) is 0 Å². The van der Waals surface area contributed by atoms with Gasteiger partial charge in [-0.2, -0.15) is 0 Å². The van der Waals surface area contributed by atoms with Crippen molar-refractivity contribution in [1.82, 2.24) is 0 Å². The van der Waals surface area contributed by atoms with Crippen LogP contribution in [0.4, 0.5) is 0 Å². The lowest BCUT2D eigenvalue weighted by Gasteiger charge is -2.13. The summed E-state index contributed by atoms with van der Waals surface area (Å²) in [5.41, 5.74) is 9.63. The van der Waals surface area contributed by atoms with Gasteiger partial charge >= 0.3 is 5.97 Å². The van der Waals surface area contributed by atoms with Gasteiger partial charge in [-0.1, -0.05) is 49.4 Å². The highest BCUT2D eigenvalue weighted by molar-refractivity contribution is 5.77. The summed E-state index contributed by atoms with van der Waals surface area (Å²) in [6.45, 7) is 2.08. The smallest absolute Gasteiger partial charge is 0.325 e. The van der Waals surface area contributed by atoms with E-state index in [0.29, 0.717) is 5.56 Å². The van der Waals surface area contributed by atoms with Gasteiger partial charge in [-0.25, -0.2) is 0 Å². The Labute approximate surface area is 112 Å². The zero-order valence-electron chi connectivity index (χ0n) is 10.8. The molecule has 3 nitrogen and oxygen atoms in total. The summed E-state index contributed by atoms with van der Waals surface area (Å²) in [4.78, 5) is 11.0. The van der Waals surface area contributed by atoms with E-state index in [9.17, 15) is 4.79 Å². The molecule has 2 aromatic rings. The minimum Gasteiger partial charge on any atom is -0.480 e. The van der Waals surface area contributed by atoms with Gasteiger partial charge in [-0.05, 0) is 34.7 Å². The third-order valence-electron chi connectivity index (χ3n) is 3.22. The van der Waals surface area contributed by atoms with Crippen molar-refractivity contribution < 1.29 is 9.90 Å². The standard InChI is InChI=1S/C16H17NO2/c1-2-11-8-9-13(15(17)16(18)19)10-14(11)12-6-4-3-5-7-12/h3-10,15H,2,17H2,1H3,(H,18,19). The number of aryl methyl sites for hydroxylation is 1. The largest absolute Gasteiger partial charge is 0.480 e. The number of carbonyl (C=O) groups is 1. The molecule has 2 rings (SSSR count). The Kier molecular flexibility index (Phi) is 3.97. The van der Waals surface area contributed by atoms with Crippen LogP contribution in [-0.4, -0.2) is 11.1 Å². The van der Waals surface area contributed by atoms with Gasteiger partial charge in [-0.15, -0.1) is 0 Å². The molecule has 0 radical (unpaired) electrons. The van der Waals surface area contributed by atoms with E-state index in [1.807, 2.05) is 42.5 Å². The van der Waals surface area contributed by atoms with E-state index in [1.165, 1.54) is 5.56 Å². The molecule has 1 unspecified atom stereocenters. The first-order valence-electron chi connectivity index (χ1n) is 6.30. The maximum Gasteiger partial charge on any atom is 0.325 e. The zero-order valence-corrected chi connectivity index (χ0v) is 10.8. The van der Waals surface area contributed by atoms with Crippen LogP contribution in [-0.2, 0) is 11.2 Å². The first-order chi connectivity index (χ1) is 9.13. The summed E-state index contributed by atoms with van der Waals surface area (Å²) in [6.07, 6.45) is 0.896. The van der Waals surface area contributed by atoms with Gasteiger partial charge in [0.05, 0.1) is 0 Å². The second kappa shape index (κ2) is 5.67. The van der Waals surface area contributed by atoms with E-state index in [4.69, 9.17) is 10.8 Å². The molecule has 0 heterocycles. The van der Waals surface area contributed by atoms with Crippen LogP contribution in [0.1, 0.15) is 24.1 Å². The van der Waals surface area contributed by atoms with E-state index in [2.05, 4.69) is 6.92 Å². The first kappa shape index (κ1) is 13.3. The summed E-state index contributed by atoms with van der Waals surface area (Å²) < 4.78 is 0. The fourth-order valence-electron chi connectivity index (χ4n) is 2.12. The molecule has 0 saturated heterocycles. The monoisotopic (exact) mass is 255 g/mol. The van der Waals surface area contributed by atoms with Crippen molar-refractivity contribution in [2.45, 2.75) is 19.4 Å². The summed E-state index contributed by atoms with van der Waals surface area (Å²) in [5, 5.41) is 9.00. The van der Waals surface area contributed by atoms with Crippen molar-refractivity contribution in [2.75, 3.05) is 0 Å². The predicted molar refractivity (Wildman–Crippen MR) is 75.8 cm³/mol. The molecule has 0 aromatic heterocycles. The maximum absolute atomic E-state index is 11.0. The fourth-order valence-corrected chi connectivity index (χ4v) is 2.12. The minimum atomic E-state index is -1.01. The van der Waals surface area contributed by atoms with Gasteiger partial charge in [0, 0.05) is 0 Å². The molecule has 0 aliphatic rings. The topological polar surface area (TPSA) is 63.3 Å². The van der Waals surface area contributed by atoms with Gasteiger partial charge in [0.2, 0.25) is 0 Å². The van der Waals surface area contributed by atoms with Crippen LogP contribution in [0.2, 0.25) is 0 Å². The molecule has 3 N–H and O–H groups in total. The van der Waals surface area contributed by atoms with E-state index < -0.39 is 12.0 Å². The number of hydrogen-bond acceptors (Lipinski definition) is 2. The zero-order chi connectivity index (χ0) is 13.8. The lowest BCUT2D eigenvalue weighted by Crippen LogP contribution is -2.20. The van der Waals surface area contributed by atoms with Crippen LogP contribution in [0.15, 0.2) is 48.5 Å². The van der Waals surface area contributed by atoms with Crippen molar-refractivity contribution in [3.05, 3.63) is 59.7 Å². The Morgan fingerprint density at radius 1 is 1.21 bits per heavy atom. The Morgan fingerprint density at radius 2 is 1.89 bits per heavy atom. The lowest BCUT2D eigenvalue weighted by atomic mass is 9.94. The molecule has 0 bridgehead atoms. The van der Waals surface area contributed by atoms with Crippen LogP contribution >= 0.6 is 0 Å². The van der Waals surface area contributed by atoms with Crippen LogP contribution in [0.3, 0.4) is 0 Å². The highest BCUT2D eigenvalue weighted by Crippen LogP contribution is 2.27. The number of benzene rings is 2. The first-order valence-corrected chi connectivity index (χ1v) is 6.30. The molecule has 1 atom stereocenters. The highest BCUT2D eigenvalue weighted by Gasteiger charge is 2.16. The number of carboxylic acid groups (broad SMARTS) is 1. The Morgan fingerprint density at radius 3 is 2.47 bits per heavy atom. The van der Waals surface area contributed by atoms with Crippen LogP contribution in [0, 0.1) is 0 Å². The third-order valence-corrected chi connectivity index (χ3v) is 3.22. The van der Waals surface area contributed by atoms with Crippen molar-refractivity contribution in [2.24, 2.45) is 5.73 Å². The molecule has 0 aliphatic carbocycles. The Bertz CT molecular complexity index is 579. The lowest BCUT2D eigenvalue weighted by molar-refractivity contribution is -0.138. The maximum atomic E-state index is 11.0. The number of aliphatic carboxylic acids is 1. The highest BCUT2D eigenvalue weighted by atomic mass is 16.4. The average Bonchev–Trinajstić information content (AvgIpc) is 2.46. The van der Waals surface area contributed by atoms with Crippen molar-refractivity contribution in [3.63, 3.8) is 0 Å². The number of nitrogens with two attached hydrogens (primary N) is 1. The predicted octanol–water partition coefficient (Wildman–Crippen LogP) is 3.00. The average molecular weight is 255 g/mol. The van der Waals surface area contributed by atoms with Crippen molar-refractivity contribution in [1.29, 1.82) is 0 Å². The molecular weight excluding hydrogens is 238 g/mol. The Hall–Kier alpha value is -2.13. The van der Waals surface area contributed by atoms with Gasteiger partial charge in [0.15, 0.2) is 0 Å². The van der Waals surface area contributed by atoms with Gasteiger partial charge in [-0.3, -0.25) is 4.79 Å². The summed E-state index contributed by atoms with van der Waals surface area (Å²) in [7, 11) is 0. The molecule has 0 spiro atoms. The minimum absolute atomic E-state index is 0.628. The van der Waals surface area contributed by atoms with E-state index >= 15 is 0 Å². The quantitative estimate of drug-likeness (QED) is 0.882. The summed E-state index contributed by atoms with van der Waals surface area (Å²) in [6, 6.07) is 14.6. The van der Waals surface area contributed by atoms with Gasteiger partial charge in [0.1, 0.15) is 6.04 Å². The summed E-state index contributed by atoms with van der Waals surface area (Å²) >= 11 is 0. The second-order valence-corrected chi connectivity index (χ2v) is 4.45. The number of hydrogen-bond donors (Lipinski definition) is 2. The SMILES string of the molecule is CCc1ccc(C(N)C(=O)O)cc1-c1ccccc1. The van der Waals surface area contributed by atoms with Crippen molar-refractivity contribution in [3.8, 4) is 11.1 Å². The molecule has 0 aliphatic heterocycles. The second-order valence-electron chi connectivity index (χ2n) is 4.45. The molecular formula is C16H17NO2. The summed E-state index contributed by atoms with van der Waals surface area (Å²) in [5.74, 6) is -1.01. The van der Waals surface area contributed by atoms with E-state index in [0.717, 1.165) is 17.5 Å². The number of carboxylic acids is 1. The normalized spacial score (nSPS) is 12.1. The van der Waals surface area contributed by atoms with E-state index in [1.54, 1.807) is 6.07 Å². The third kappa shape index (κ3) is 2.83. The molecule has 98 valence electrons. The molecule has 0 amide bonds. The van der Waals surface area contributed by atoms with Gasteiger partial charge < -0.3 is 10.8 Å². The number of rotatable bonds is 4. The van der Waals surface area contributed by atoms with Gasteiger partial charge in [0.25, 0.3) is 0 Å². The van der Waals surface area contributed by atoms with Crippen LogP contribution < -0.4 is 5.73 Å². The molecule has 0 saturated carbocycles. The van der Waals surface area contributed by atoms with Crippen LogP contribution in [0.25, 0.3) is 11.1 Å². The molecule has 0 fully saturated rings.